The topological polar surface area (TPSA) is 74.4 Å². The first-order chi connectivity index (χ1) is 13.1. The van der Waals surface area contributed by atoms with Gasteiger partial charge in [-0.05, 0) is 44.4 Å². The van der Waals surface area contributed by atoms with Crippen LogP contribution in [0.15, 0.2) is 24.5 Å². The summed E-state index contributed by atoms with van der Waals surface area (Å²) in [6.45, 7) is 3.02. The number of aromatic nitrogens is 3. The van der Waals surface area contributed by atoms with Crippen LogP contribution >= 0.6 is 0 Å². The van der Waals surface area contributed by atoms with Gasteiger partial charge in [0.1, 0.15) is 6.23 Å². The molecule has 1 aliphatic carbocycles. The standard InChI is InChI=1S/C19H23F3N4O2/c1-11-9-25(16(27)13-5-6-23-15(7-13)12-3-4-12)10-14-8-24-17(26(11)14)18(2,28)19(20,21)22/h5-8,11-12,16,27-28H,3-4,9-10H2,1-2H3/t11-,16?,18+/m0/s1. The third kappa shape index (κ3) is 3.21. The van der Waals surface area contributed by atoms with Crippen molar-refractivity contribution in [3.8, 4) is 0 Å². The Morgan fingerprint density at radius 3 is 2.61 bits per heavy atom. The highest BCUT2D eigenvalue weighted by Crippen LogP contribution is 2.42. The van der Waals surface area contributed by atoms with Crippen LogP contribution in [0.1, 0.15) is 67.7 Å². The summed E-state index contributed by atoms with van der Waals surface area (Å²) in [4.78, 5) is 10.0. The van der Waals surface area contributed by atoms with Crippen LogP contribution in [0.5, 0.6) is 0 Å². The van der Waals surface area contributed by atoms with Crippen molar-refractivity contribution in [1.82, 2.24) is 19.4 Å². The van der Waals surface area contributed by atoms with Gasteiger partial charge in [0.05, 0.1) is 5.69 Å². The predicted molar refractivity (Wildman–Crippen MR) is 94.1 cm³/mol. The van der Waals surface area contributed by atoms with Gasteiger partial charge in [0.2, 0.25) is 5.60 Å². The van der Waals surface area contributed by atoms with Gasteiger partial charge in [-0.25, -0.2) is 4.98 Å². The zero-order valence-corrected chi connectivity index (χ0v) is 15.7. The van der Waals surface area contributed by atoms with E-state index in [1.165, 1.54) is 10.8 Å². The van der Waals surface area contributed by atoms with Crippen LogP contribution in [0.4, 0.5) is 13.2 Å². The minimum atomic E-state index is -4.83. The number of hydrogen-bond donors (Lipinski definition) is 2. The summed E-state index contributed by atoms with van der Waals surface area (Å²) in [6.07, 6.45) is -0.488. The van der Waals surface area contributed by atoms with Crippen LogP contribution < -0.4 is 0 Å². The first-order valence-corrected chi connectivity index (χ1v) is 9.33. The molecule has 2 aromatic rings. The van der Waals surface area contributed by atoms with E-state index in [4.69, 9.17) is 0 Å². The normalized spacial score (nSPS) is 23.9. The highest BCUT2D eigenvalue weighted by Gasteiger charge is 2.55. The van der Waals surface area contributed by atoms with E-state index in [9.17, 15) is 23.4 Å². The molecule has 0 radical (unpaired) electrons. The molecule has 28 heavy (non-hydrogen) atoms. The van der Waals surface area contributed by atoms with Gasteiger partial charge in [-0.15, -0.1) is 0 Å². The van der Waals surface area contributed by atoms with E-state index in [-0.39, 0.29) is 6.54 Å². The molecule has 6 nitrogen and oxygen atoms in total. The molecular formula is C19H23F3N4O2. The predicted octanol–water partition coefficient (Wildman–Crippen LogP) is 2.99. The molecule has 9 heteroatoms. The first kappa shape index (κ1) is 19.4. The number of pyridine rings is 1. The maximum Gasteiger partial charge on any atom is 0.424 e. The second-order valence-electron chi connectivity index (χ2n) is 7.95. The molecule has 2 N–H and O–H groups in total. The van der Waals surface area contributed by atoms with Gasteiger partial charge < -0.3 is 14.8 Å². The Morgan fingerprint density at radius 1 is 1.25 bits per heavy atom. The van der Waals surface area contributed by atoms with Gasteiger partial charge in [-0.3, -0.25) is 9.88 Å². The molecule has 1 aliphatic heterocycles. The van der Waals surface area contributed by atoms with Gasteiger partial charge >= 0.3 is 6.18 Å². The van der Waals surface area contributed by atoms with Gasteiger partial charge in [-0.2, -0.15) is 13.2 Å². The van der Waals surface area contributed by atoms with Crippen LogP contribution in [0, 0.1) is 0 Å². The first-order valence-electron chi connectivity index (χ1n) is 9.33. The molecule has 3 atom stereocenters. The molecule has 1 saturated carbocycles. The van der Waals surface area contributed by atoms with E-state index in [2.05, 4.69) is 9.97 Å². The number of halogens is 3. The van der Waals surface area contributed by atoms with Gasteiger partial charge in [-0.1, -0.05) is 0 Å². The summed E-state index contributed by atoms with van der Waals surface area (Å²) in [6, 6.07) is 3.26. The molecule has 152 valence electrons. The molecule has 1 unspecified atom stereocenters. The van der Waals surface area contributed by atoms with Crippen molar-refractivity contribution < 1.29 is 23.4 Å². The Labute approximate surface area is 160 Å². The molecule has 1 fully saturated rings. The van der Waals surface area contributed by atoms with Crippen molar-refractivity contribution in [1.29, 1.82) is 0 Å². The molecule has 0 amide bonds. The minimum absolute atomic E-state index is 0.230. The van der Waals surface area contributed by atoms with Crippen molar-refractivity contribution in [3.05, 3.63) is 47.3 Å². The van der Waals surface area contributed by atoms with Gasteiger partial charge in [0.25, 0.3) is 0 Å². The van der Waals surface area contributed by atoms with Crippen LogP contribution in [0.2, 0.25) is 0 Å². The highest BCUT2D eigenvalue weighted by atomic mass is 19.4. The Balaban J connectivity index is 1.60. The third-order valence-electron chi connectivity index (χ3n) is 5.61. The Hall–Kier alpha value is -1.97. The van der Waals surface area contributed by atoms with E-state index in [1.54, 1.807) is 24.1 Å². The lowest BCUT2D eigenvalue weighted by molar-refractivity contribution is -0.263. The fraction of sp³-hybridized carbons (Fsp3) is 0.579. The van der Waals surface area contributed by atoms with E-state index < -0.39 is 29.9 Å². The summed E-state index contributed by atoms with van der Waals surface area (Å²) in [5.74, 6) is 0.0394. The molecule has 4 rings (SSSR count). The van der Waals surface area contributed by atoms with Crippen molar-refractivity contribution in [2.24, 2.45) is 0 Å². The number of aliphatic hydroxyl groups excluding tert-OH is 1. The number of aliphatic hydroxyl groups is 2. The van der Waals surface area contributed by atoms with E-state index in [0.717, 1.165) is 24.1 Å². The molecule has 0 spiro atoms. The minimum Gasteiger partial charge on any atom is -0.374 e. The number of nitrogens with zero attached hydrogens (tertiary/aromatic N) is 4. The Bertz CT molecular complexity index is 876. The summed E-state index contributed by atoms with van der Waals surface area (Å²) in [5, 5.41) is 20.9. The summed E-state index contributed by atoms with van der Waals surface area (Å²) in [5.41, 5.74) is -0.826. The monoisotopic (exact) mass is 396 g/mol. The Morgan fingerprint density at radius 2 is 1.96 bits per heavy atom. The number of hydrogen-bond acceptors (Lipinski definition) is 5. The number of alkyl halides is 3. The molecule has 3 heterocycles. The number of rotatable bonds is 4. The lowest BCUT2D eigenvalue weighted by Crippen LogP contribution is -2.45. The second-order valence-corrected chi connectivity index (χ2v) is 7.95. The van der Waals surface area contributed by atoms with E-state index in [1.807, 2.05) is 6.07 Å². The zero-order chi connectivity index (χ0) is 20.3. The van der Waals surface area contributed by atoms with Crippen LogP contribution in [-0.2, 0) is 12.1 Å². The van der Waals surface area contributed by atoms with Crippen LogP contribution in [0.3, 0.4) is 0 Å². The smallest absolute Gasteiger partial charge is 0.374 e. The molecule has 0 aromatic carbocycles. The zero-order valence-electron chi connectivity index (χ0n) is 15.7. The number of imidazole rings is 1. The fourth-order valence-corrected chi connectivity index (χ4v) is 3.81. The maximum absolute atomic E-state index is 13.3. The van der Waals surface area contributed by atoms with Crippen molar-refractivity contribution >= 4 is 0 Å². The van der Waals surface area contributed by atoms with E-state index >= 15 is 0 Å². The maximum atomic E-state index is 13.3. The lowest BCUT2D eigenvalue weighted by atomic mass is 10.0. The van der Waals surface area contributed by atoms with E-state index in [0.29, 0.717) is 25.1 Å². The van der Waals surface area contributed by atoms with Gasteiger partial charge in [0, 0.05) is 43.1 Å². The average Bonchev–Trinajstić information content (AvgIpc) is 3.39. The quantitative estimate of drug-likeness (QED) is 0.831. The van der Waals surface area contributed by atoms with Gasteiger partial charge in [0.15, 0.2) is 5.82 Å². The summed E-state index contributed by atoms with van der Waals surface area (Å²) in [7, 11) is 0. The van der Waals surface area contributed by atoms with Crippen molar-refractivity contribution in [2.45, 2.75) is 63.2 Å². The largest absolute Gasteiger partial charge is 0.424 e. The molecular weight excluding hydrogens is 373 g/mol. The van der Waals surface area contributed by atoms with Crippen molar-refractivity contribution in [3.63, 3.8) is 0 Å². The highest BCUT2D eigenvalue weighted by molar-refractivity contribution is 5.24. The summed E-state index contributed by atoms with van der Waals surface area (Å²) < 4.78 is 41.2. The third-order valence-corrected chi connectivity index (χ3v) is 5.61. The lowest BCUT2D eigenvalue weighted by Gasteiger charge is -2.38. The number of fused-ring (bicyclic) bond motifs is 1. The molecule has 0 saturated heterocycles. The van der Waals surface area contributed by atoms with Crippen LogP contribution in [-0.4, -0.2) is 42.4 Å². The molecule has 0 bridgehead atoms. The van der Waals surface area contributed by atoms with Crippen molar-refractivity contribution in [2.75, 3.05) is 6.54 Å². The molecule has 2 aliphatic rings. The summed E-state index contributed by atoms with van der Waals surface area (Å²) >= 11 is 0. The fourth-order valence-electron chi connectivity index (χ4n) is 3.81. The molecule has 2 aromatic heterocycles. The second kappa shape index (κ2) is 6.53. The van der Waals surface area contributed by atoms with Crippen LogP contribution in [0.25, 0.3) is 0 Å². The average molecular weight is 396 g/mol. The Kier molecular flexibility index (Phi) is 4.52. The SMILES string of the molecule is C[C@H]1CN(C(O)c2ccnc(C3CC3)c2)Cc2cnc([C@@](C)(O)C(F)(F)F)n21.